The van der Waals surface area contributed by atoms with Crippen LogP contribution >= 0.6 is 23.4 Å². The van der Waals surface area contributed by atoms with Gasteiger partial charge >= 0.3 is 0 Å². The maximum Gasteiger partial charge on any atom is 0.0692 e. The number of rotatable bonds is 3. The van der Waals surface area contributed by atoms with Gasteiger partial charge in [0.1, 0.15) is 0 Å². The molecule has 0 heterocycles. The van der Waals surface area contributed by atoms with Crippen molar-refractivity contribution in [1.29, 1.82) is 0 Å². The summed E-state index contributed by atoms with van der Waals surface area (Å²) in [5, 5.41) is 9.96. The SMILES string of the molecule is OCc1ccccc1Sc1ccccc1Cl. The van der Waals surface area contributed by atoms with Crippen LogP contribution < -0.4 is 0 Å². The van der Waals surface area contributed by atoms with Crippen molar-refractivity contribution in [2.24, 2.45) is 0 Å². The van der Waals surface area contributed by atoms with Crippen LogP contribution in [0.15, 0.2) is 58.3 Å². The number of aliphatic hydroxyl groups excluding tert-OH is 1. The smallest absolute Gasteiger partial charge is 0.0692 e. The first-order valence-electron chi connectivity index (χ1n) is 4.92. The van der Waals surface area contributed by atoms with Crippen molar-refractivity contribution in [3.8, 4) is 0 Å². The van der Waals surface area contributed by atoms with E-state index < -0.39 is 0 Å². The van der Waals surface area contributed by atoms with Gasteiger partial charge in [0.25, 0.3) is 0 Å². The average molecular weight is 251 g/mol. The third kappa shape index (κ3) is 2.59. The lowest BCUT2D eigenvalue weighted by atomic mass is 10.2. The van der Waals surface area contributed by atoms with Gasteiger partial charge in [-0.1, -0.05) is 53.7 Å². The van der Waals surface area contributed by atoms with Crippen LogP contribution in [0.1, 0.15) is 5.56 Å². The lowest BCUT2D eigenvalue weighted by Crippen LogP contribution is -1.86. The Balaban J connectivity index is 2.30. The van der Waals surface area contributed by atoms with Crippen LogP contribution in [-0.4, -0.2) is 5.11 Å². The molecule has 0 amide bonds. The molecular weight excluding hydrogens is 240 g/mol. The normalized spacial score (nSPS) is 10.4. The zero-order valence-electron chi connectivity index (χ0n) is 8.56. The first-order valence-corrected chi connectivity index (χ1v) is 6.12. The maximum atomic E-state index is 9.22. The molecule has 0 atom stereocenters. The van der Waals surface area contributed by atoms with E-state index in [2.05, 4.69) is 0 Å². The quantitative estimate of drug-likeness (QED) is 0.889. The number of hydrogen-bond acceptors (Lipinski definition) is 2. The van der Waals surface area contributed by atoms with Gasteiger partial charge in [0.15, 0.2) is 0 Å². The Hall–Kier alpha value is -0.960. The van der Waals surface area contributed by atoms with Crippen LogP contribution in [0.2, 0.25) is 5.02 Å². The fraction of sp³-hybridized carbons (Fsp3) is 0.0769. The molecule has 0 aromatic heterocycles. The van der Waals surface area contributed by atoms with Crippen LogP contribution in [-0.2, 0) is 6.61 Å². The van der Waals surface area contributed by atoms with Crippen LogP contribution in [0.5, 0.6) is 0 Å². The fourth-order valence-corrected chi connectivity index (χ4v) is 2.59. The summed E-state index contributed by atoms with van der Waals surface area (Å²) in [5.41, 5.74) is 0.924. The number of benzene rings is 2. The van der Waals surface area contributed by atoms with E-state index in [1.807, 2.05) is 48.5 Å². The van der Waals surface area contributed by atoms with E-state index in [0.29, 0.717) is 0 Å². The molecule has 2 aromatic rings. The molecule has 0 bridgehead atoms. The predicted octanol–water partition coefficient (Wildman–Crippen LogP) is 3.98. The van der Waals surface area contributed by atoms with Crippen LogP contribution in [0.25, 0.3) is 0 Å². The molecule has 82 valence electrons. The van der Waals surface area contributed by atoms with E-state index >= 15 is 0 Å². The van der Waals surface area contributed by atoms with Gasteiger partial charge in [-0.2, -0.15) is 0 Å². The lowest BCUT2D eigenvalue weighted by molar-refractivity contribution is 0.279. The highest BCUT2D eigenvalue weighted by molar-refractivity contribution is 7.99. The Bertz CT molecular complexity index is 485. The molecule has 0 aliphatic carbocycles. The minimum absolute atomic E-state index is 0.0492. The highest BCUT2D eigenvalue weighted by Gasteiger charge is 2.05. The number of aliphatic hydroxyl groups is 1. The lowest BCUT2D eigenvalue weighted by Gasteiger charge is -2.07. The third-order valence-corrected chi connectivity index (χ3v) is 3.84. The summed E-state index contributed by atoms with van der Waals surface area (Å²) in [4.78, 5) is 2.04. The molecule has 0 unspecified atom stereocenters. The topological polar surface area (TPSA) is 20.2 Å². The second-order valence-corrected chi connectivity index (χ2v) is 4.79. The molecule has 1 N–H and O–H groups in total. The molecule has 0 fully saturated rings. The van der Waals surface area contributed by atoms with E-state index in [1.54, 1.807) is 11.8 Å². The molecule has 2 rings (SSSR count). The van der Waals surface area contributed by atoms with Crippen molar-refractivity contribution in [1.82, 2.24) is 0 Å². The van der Waals surface area contributed by atoms with Gasteiger partial charge in [-0.3, -0.25) is 0 Å². The molecule has 0 aliphatic rings. The van der Waals surface area contributed by atoms with Crippen LogP contribution in [0.3, 0.4) is 0 Å². The molecule has 0 spiro atoms. The van der Waals surface area contributed by atoms with Crippen molar-refractivity contribution < 1.29 is 5.11 Å². The summed E-state index contributed by atoms with van der Waals surface area (Å²) in [6.45, 7) is 0.0492. The van der Waals surface area contributed by atoms with E-state index in [9.17, 15) is 5.11 Å². The fourth-order valence-electron chi connectivity index (χ4n) is 1.38. The molecule has 0 saturated heterocycles. The summed E-state index contributed by atoms with van der Waals surface area (Å²) >= 11 is 7.66. The molecule has 16 heavy (non-hydrogen) atoms. The first-order chi connectivity index (χ1) is 7.81. The van der Waals surface area contributed by atoms with Gasteiger partial charge in [0, 0.05) is 9.79 Å². The maximum absolute atomic E-state index is 9.22. The van der Waals surface area contributed by atoms with Crippen molar-refractivity contribution in [3.63, 3.8) is 0 Å². The van der Waals surface area contributed by atoms with E-state index in [1.165, 1.54) is 0 Å². The van der Waals surface area contributed by atoms with Gasteiger partial charge in [-0.25, -0.2) is 0 Å². The van der Waals surface area contributed by atoms with Crippen molar-refractivity contribution in [2.75, 3.05) is 0 Å². The Labute approximate surface area is 104 Å². The number of halogens is 1. The van der Waals surface area contributed by atoms with Crippen LogP contribution in [0, 0.1) is 0 Å². The summed E-state index contributed by atoms with van der Waals surface area (Å²) in [7, 11) is 0. The van der Waals surface area contributed by atoms with E-state index in [0.717, 1.165) is 20.4 Å². The summed E-state index contributed by atoms with van der Waals surface area (Å²) in [6, 6.07) is 15.5. The van der Waals surface area contributed by atoms with E-state index in [4.69, 9.17) is 11.6 Å². The average Bonchev–Trinajstić information content (AvgIpc) is 2.33. The van der Waals surface area contributed by atoms with Gasteiger partial charge < -0.3 is 5.11 Å². The Kier molecular flexibility index (Phi) is 3.88. The summed E-state index contributed by atoms with van der Waals surface area (Å²) < 4.78 is 0. The minimum Gasteiger partial charge on any atom is -0.392 e. The van der Waals surface area contributed by atoms with Gasteiger partial charge in [0.05, 0.1) is 11.6 Å². The van der Waals surface area contributed by atoms with Crippen molar-refractivity contribution >= 4 is 23.4 Å². The number of hydrogen-bond donors (Lipinski definition) is 1. The Morgan fingerprint density at radius 2 is 1.56 bits per heavy atom. The third-order valence-electron chi connectivity index (χ3n) is 2.20. The molecular formula is C13H11ClOS. The Morgan fingerprint density at radius 3 is 2.25 bits per heavy atom. The first kappa shape index (κ1) is 11.5. The van der Waals surface area contributed by atoms with Gasteiger partial charge in [-0.15, -0.1) is 0 Å². The molecule has 1 nitrogen and oxygen atoms in total. The highest BCUT2D eigenvalue weighted by atomic mass is 35.5. The standard InChI is InChI=1S/C13H11ClOS/c14-11-6-2-4-8-13(11)16-12-7-3-1-5-10(12)9-15/h1-8,15H,9H2. The Morgan fingerprint density at radius 1 is 0.938 bits per heavy atom. The van der Waals surface area contributed by atoms with Crippen LogP contribution in [0.4, 0.5) is 0 Å². The molecule has 3 heteroatoms. The largest absolute Gasteiger partial charge is 0.392 e. The molecule has 0 radical (unpaired) electrons. The molecule has 2 aromatic carbocycles. The zero-order chi connectivity index (χ0) is 11.4. The van der Waals surface area contributed by atoms with Gasteiger partial charge in [-0.05, 0) is 23.8 Å². The second-order valence-electron chi connectivity index (χ2n) is 3.30. The monoisotopic (exact) mass is 250 g/mol. The van der Waals surface area contributed by atoms with Crippen molar-refractivity contribution in [3.05, 3.63) is 59.1 Å². The summed E-state index contributed by atoms with van der Waals surface area (Å²) in [5.74, 6) is 0. The van der Waals surface area contributed by atoms with E-state index in [-0.39, 0.29) is 6.61 Å². The minimum atomic E-state index is 0.0492. The predicted molar refractivity (Wildman–Crippen MR) is 67.9 cm³/mol. The zero-order valence-corrected chi connectivity index (χ0v) is 10.1. The van der Waals surface area contributed by atoms with Crippen molar-refractivity contribution in [2.45, 2.75) is 16.4 Å². The molecule has 0 aliphatic heterocycles. The highest BCUT2D eigenvalue weighted by Crippen LogP contribution is 2.34. The van der Waals surface area contributed by atoms with Gasteiger partial charge in [0.2, 0.25) is 0 Å². The summed E-state index contributed by atoms with van der Waals surface area (Å²) in [6.07, 6.45) is 0. The second kappa shape index (κ2) is 5.39. The molecule has 0 saturated carbocycles.